The Labute approximate surface area is 139 Å². The fourth-order valence-corrected chi connectivity index (χ4v) is 4.38. The minimum absolute atomic E-state index is 0.0930. The van der Waals surface area contributed by atoms with E-state index in [0.717, 1.165) is 0 Å². The largest absolute Gasteiger partial charge is 0.472 e. The van der Waals surface area contributed by atoms with Gasteiger partial charge in [-0.3, -0.25) is 9.05 Å². The van der Waals surface area contributed by atoms with Crippen LogP contribution < -0.4 is 0 Å². The monoisotopic (exact) mass is 380 g/mol. The minimum Gasteiger partial charge on any atom is -0.324 e. The third-order valence-electron chi connectivity index (χ3n) is 1.38. The molecule has 0 aliphatic rings. The third kappa shape index (κ3) is 18.7. The Morgan fingerprint density at radius 1 is 0.682 bits per heavy atom. The lowest BCUT2D eigenvalue weighted by Crippen LogP contribution is -2.06. The van der Waals surface area contributed by atoms with Crippen LogP contribution in [0.1, 0.15) is 55.4 Å². The Kier molecular flexibility index (Phi) is 12.7. The second kappa shape index (κ2) is 11.2. The standard InChI is InChI=1S/C6H15O4P.C6H15O3PS/c1-5(2)9-11(7,8)10-6(3)4;1-5(2)8-10(7,11)9-6(3)4/h5-6H,1-4H3,(H,7,8);5-6H,1-4H3,(H,7,11). The zero-order chi connectivity index (χ0) is 18.1. The smallest absolute Gasteiger partial charge is 0.324 e. The third-order valence-corrected chi connectivity index (χ3v) is 4.64. The Morgan fingerprint density at radius 2 is 0.909 bits per heavy atom. The average molecular weight is 380 g/mol. The molecule has 7 nitrogen and oxygen atoms in total. The highest BCUT2D eigenvalue weighted by Gasteiger charge is 2.23. The van der Waals surface area contributed by atoms with E-state index in [9.17, 15) is 9.46 Å². The first-order valence-corrected chi connectivity index (χ1v) is 11.1. The summed E-state index contributed by atoms with van der Waals surface area (Å²) in [6, 6.07) is 0. The number of rotatable bonds is 8. The van der Waals surface area contributed by atoms with Crippen LogP contribution in [0.4, 0.5) is 0 Å². The summed E-state index contributed by atoms with van der Waals surface area (Å²) in [6.07, 6.45) is -0.789. The summed E-state index contributed by atoms with van der Waals surface area (Å²) in [4.78, 5) is 18.3. The van der Waals surface area contributed by atoms with E-state index in [1.165, 1.54) is 0 Å². The molecule has 2 N–H and O–H groups in total. The molecule has 0 aliphatic heterocycles. The molecule has 0 bridgehead atoms. The molecule has 0 heterocycles. The van der Waals surface area contributed by atoms with Gasteiger partial charge in [0, 0.05) is 0 Å². The molecular formula is C12H30O7P2S. The molecule has 136 valence electrons. The fourth-order valence-electron chi connectivity index (χ4n) is 1.12. The molecule has 0 fully saturated rings. The summed E-state index contributed by atoms with van der Waals surface area (Å²) >= 11 is 4.72. The van der Waals surface area contributed by atoms with Crippen molar-refractivity contribution in [3.63, 3.8) is 0 Å². The Hall–Kier alpha value is 0.640. The van der Waals surface area contributed by atoms with Gasteiger partial charge in [0.2, 0.25) is 0 Å². The maximum Gasteiger partial charge on any atom is 0.472 e. The van der Waals surface area contributed by atoms with Crippen LogP contribution in [0.3, 0.4) is 0 Å². The van der Waals surface area contributed by atoms with Gasteiger partial charge in [0.25, 0.3) is 0 Å². The lowest BCUT2D eigenvalue weighted by Gasteiger charge is -2.19. The Morgan fingerprint density at radius 3 is 1.09 bits per heavy atom. The molecule has 0 rings (SSSR count). The minimum atomic E-state index is -3.80. The highest BCUT2D eigenvalue weighted by molar-refractivity contribution is 8.07. The molecule has 0 radical (unpaired) electrons. The summed E-state index contributed by atoms with van der Waals surface area (Å²) in [5.74, 6) is 0. The van der Waals surface area contributed by atoms with Crippen molar-refractivity contribution in [1.82, 2.24) is 0 Å². The Balaban J connectivity index is 0. The molecule has 0 unspecified atom stereocenters. The first-order chi connectivity index (χ1) is 9.67. The summed E-state index contributed by atoms with van der Waals surface area (Å²) in [5, 5.41) is 0. The van der Waals surface area contributed by atoms with E-state index in [1.807, 2.05) is 0 Å². The molecule has 0 spiro atoms. The molecule has 0 atom stereocenters. The van der Waals surface area contributed by atoms with Gasteiger partial charge < -0.3 is 18.8 Å². The summed E-state index contributed by atoms with van der Waals surface area (Å²) in [5.41, 5.74) is 0. The van der Waals surface area contributed by atoms with Crippen LogP contribution in [0.5, 0.6) is 0 Å². The van der Waals surface area contributed by atoms with E-state index in [1.54, 1.807) is 55.4 Å². The van der Waals surface area contributed by atoms with Gasteiger partial charge in [0.1, 0.15) is 0 Å². The zero-order valence-corrected chi connectivity index (χ0v) is 17.2. The molecule has 0 aromatic carbocycles. The van der Waals surface area contributed by atoms with Crippen molar-refractivity contribution >= 4 is 26.3 Å². The van der Waals surface area contributed by atoms with Crippen molar-refractivity contribution in [3.05, 3.63) is 0 Å². The van der Waals surface area contributed by atoms with Crippen LogP contribution in [0.25, 0.3) is 0 Å². The van der Waals surface area contributed by atoms with Crippen LogP contribution in [0.15, 0.2) is 0 Å². The van der Waals surface area contributed by atoms with Crippen LogP contribution in [0, 0.1) is 0 Å². The van der Waals surface area contributed by atoms with Crippen molar-refractivity contribution < 1.29 is 32.4 Å². The molecule has 0 aromatic rings. The summed E-state index contributed by atoms with van der Waals surface area (Å²) in [6.45, 7) is 10.9. The quantitative estimate of drug-likeness (QED) is 0.611. The average Bonchev–Trinajstić information content (AvgIpc) is 2.06. The van der Waals surface area contributed by atoms with E-state index >= 15 is 0 Å². The van der Waals surface area contributed by atoms with Crippen LogP contribution >= 0.6 is 14.5 Å². The number of phosphoric acid groups is 1. The number of hydrogen-bond acceptors (Lipinski definition) is 6. The lowest BCUT2D eigenvalue weighted by atomic mass is 10.5. The van der Waals surface area contributed by atoms with E-state index in [0.29, 0.717) is 0 Å². The zero-order valence-electron chi connectivity index (χ0n) is 14.5. The highest BCUT2D eigenvalue weighted by atomic mass is 32.5. The normalized spacial score (nSPS) is 13.0. The first kappa shape index (κ1) is 24.9. The van der Waals surface area contributed by atoms with Gasteiger partial charge in [-0.1, -0.05) is 0 Å². The maximum absolute atomic E-state index is 10.9. The van der Waals surface area contributed by atoms with Gasteiger partial charge in [-0.15, -0.1) is 0 Å². The molecule has 0 aliphatic carbocycles. The maximum atomic E-state index is 10.9. The molecule has 0 saturated heterocycles. The predicted octanol–water partition coefficient (Wildman–Crippen LogP) is 3.99. The van der Waals surface area contributed by atoms with Crippen molar-refractivity contribution in [2.45, 2.75) is 79.8 Å². The Bertz CT molecular complexity index is 322. The first-order valence-electron chi connectivity index (χ1n) is 7.06. The van der Waals surface area contributed by atoms with E-state index in [-0.39, 0.29) is 24.4 Å². The molecule has 22 heavy (non-hydrogen) atoms. The van der Waals surface area contributed by atoms with Crippen molar-refractivity contribution in [2.24, 2.45) is 0 Å². The number of phosphoric ester groups is 1. The van der Waals surface area contributed by atoms with Crippen LogP contribution in [-0.2, 0) is 34.5 Å². The molecular weight excluding hydrogens is 350 g/mol. The van der Waals surface area contributed by atoms with Gasteiger partial charge >= 0.3 is 14.5 Å². The summed E-state index contributed by atoms with van der Waals surface area (Å²) in [7, 11) is -3.80. The SMILES string of the molecule is CC(C)OP(=O)(O)OC(C)C.CC(C)OP(O)(=S)OC(C)C. The van der Waals surface area contributed by atoms with Crippen molar-refractivity contribution in [2.75, 3.05) is 0 Å². The fraction of sp³-hybridized carbons (Fsp3) is 1.00. The van der Waals surface area contributed by atoms with Gasteiger partial charge in [-0.2, -0.15) is 0 Å². The second-order valence-corrected chi connectivity index (χ2v) is 9.66. The van der Waals surface area contributed by atoms with Crippen molar-refractivity contribution in [1.29, 1.82) is 0 Å². The van der Waals surface area contributed by atoms with E-state index in [2.05, 4.69) is 9.05 Å². The number of hydrogen-bond donors (Lipinski definition) is 2. The van der Waals surface area contributed by atoms with Crippen molar-refractivity contribution in [3.8, 4) is 0 Å². The van der Waals surface area contributed by atoms with Crippen LogP contribution in [-0.4, -0.2) is 34.2 Å². The second-order valence-electron chi connectivity index (χ2n) is 5.55. The highest BCUT2D eigenvalue weighted by Crippen LogP contribution is 2.46. The molecule has 0 aromatic heterocycles. The predicted molar refractivity (Wildman–Crippen MR) is 91.2 cm³/mol. The molecule has 0 amide bonds. The molecule has 0 saturated carbocycles. The van der Waals surface area contributed by atoms with E-state index < -0.39 is 14.5 Å². The van der Waals surface area contributed by atoms with Gasteiger partial charge in [-0.05, 0) is 67.2 Å². The van der Waals surface area contributed by atoms with Gasteiger partial charge in [0.05, 0.1) is 24.4 Å². The van der Waals surface area contributed by atoms with Gasteiger partial charge in [0.15, 0.2) is 0 Å². The van der Waals surface area contributed by atoms with Crippen LogP contribution in [0.2, 0.25) is 0 Å². The summed E-state index contributed by atoms with van der Waals surface area (Å²) < 4.78 is 30.2. The molecule has 10 heteroatoms. The topological polar surface area (TPSA) is 94.5 Å². The van der Waals surface area contributed by atoms with E-state index in [4.69, 9.17) is 25.7 Å². The lowest BCUT2D eigenvalue weighted by molar-refractivity contribution is 0.0984. The van der Waals surface area contributed by atoms with Gasteiger partial charge in [-0.25, -0.2) is 4.57 Å².